The molecule has 0 N–H and O–H groups in total. The van der Waals surface area contributed by atoms with E-state index in [2.05, 4.69) is 4.98 Å². The number of hydrogen-bond acceptors (Lipinski definition) is 3. The number of nitrogens with zero attached hydrogens (tertiary/aromatic N) is 3. The summed E-state index contributed by atoms with van der Waals surface area (Å²) in [6.45, 7) is 3.28. The number of pyridine rings is 1. The molecule has 0 aromatic carbocycles. The summed E-state index contributed by atoms with van der Waals surface area (Å²) in [4.78, 5) is 17.2. The van der Waals surface area contributed by atoms with Crippen molar-refractivity contribution in [2.75, 3.05) is 19.6 Å². The number of urea groups is 1. The second-order valence-electron chi connectivity index (χ2n) is 3.53. The van der Waals surface area contributed by atoms with Gasteiger partial charge in [0.15, 0.2) is 0 Å². The van der Waals surface area contributed by atoms with Crippen molar-refractivity contribution in [3.05, 3.63) is 29.7 Å². The molecule has 1 fully saturated rings. The van der Waals surface area contributed by atoms with E-state index in [1.807, 2.05) is 6.92 Å². The Bertz CT molecular complexity index is 368. The molecule has 0 bridgehead atoms. The number of carbonyl (C=O) groups is 1. The Labute approximate surface area is 88.1 Å². The van der Waals surface area contributed by atoms with Crippen molar-refractivity contribution >= 4 is 11.7 Å². The zero-order valence-electron chi connectivity index (χ0n) is 8.59. The van der Waals surface area contributed by atoms with Crippen molar-refractivity contribution in [2.24, 2.45) is 0 Å². The molecule has 5 heteroatoms. The molecule has 2 heterocycles. The molecule has 1 saturated heterocycles. The van der Waals surface area contributed by atoms with Gasteiger partial charge < -0.3 is 5.21 Å². The van der Waals surface area contributed by atoms with Crippen LogP contribution in [0.25, 0.3) is 0 Å². The number of aromatic nitrogens is 1. The van der Waals surface area contributed by atoms with Gasteiger partial charge in [0.05, 0.1) is 6.54 Å². The van der Waals surface area contributed by atoms with Crippen molar-refractivity contribution in [1.29, 1.82) is 0 Å². The Hall–Kier alpha value is -1.46. The quantitative estimate of drug-likeness (QED) is 0.543. The molecule has 80 valence electrons. The van der Waals surface area contributed by atoms with E-state index in [0.29, 0.717) is 18.8 Å². The van der Waals surface area contributed by atoms with Crippen LogP contribution in [0.4, 0.5) is 10.5 Å². The lowest BCUT2D eigenvalue weighted by molar-refractivity contribution is 0.204. The fourth-order valence-corrected chi connectivity index (χ4v) is 1.80. The number of rotatable bonds is 2. The molecule has 0 spiro atoms. The summed E-state index contributed by atoms with van der Waals surface area (Å²) in [5.41, 5.74) is 0.464. The van der Waals surface area contributed by atoms with E-state index < -0.39 is 4.65 Å². The van der Waals surface area contributed by atoms with E-state index >= 15 is 0 Å². The Balaban J connectivity index is 2.33. The van der Waals surface area contributed by atoms with Crippen LogP contribution < -0.4 is 4.65 Å². The monoisotopic (exact) mass is 207 g/mol. The Morgan fingerprint density at radius 3 is 2.73 bits per heavy atom. The molecule has 1 unspecified atom stereocenters. The summed E-state index contributed by atoms with van der Waals surface area (Å²) in [7, 11) is 0. The zero-order valence-corrected chi connectivity index (χ0v) is 8.59. The third-order valence-corrected chi connectivity index (χ3v) is 2.73. The van der Waals surface area contributed by atoms with E-state index in [9.17, 15) is 10.0 Å². The van der Waals surface area contributed by atoms with Gasteiger partial charge in [0.25, 0.3) is 0 Å². The minimum absolute atomic E-state index is 0.288. The third-order valence-electron chi connectivity index (χ3n) is 2.73. The van der Waals surface area contributed by atoms with Crippen LogP contribution in [0.3, 0.4) is 0 Å². The van der Waals surface area contributed by atoms with E-state index in [4.69, 9.17) is 0 Å². The Kier molecular flexibility index (Phi) is 2.42. The molecular weight excluding hydrogens is 194 g/mol. The second kappa shape index (κ2) is 3.60. The molecule has 15 heavy (non-hydrogen) atoms. The molecule has 0 saturated carbocycles. The highest BCUT2D eigenvalue weighted by atomic mass is 16.6. The van der Waals surface area contributed by atoms with Crippen LogP contribution >= 0.6 is 0 Å². The molecule has 1 aliphatic heterocycles. The average Bonchev–Trinajstić information content (AvgIpc) is 2.58. The van der Waals surface area contributed by atoms with Gasteiger partial charge in [-0.2, -0.15) is 0 Å². The van der Waals surface area contributed by atoms with Gasteiger partial charge in [0.2, 0.25) is 0 Å². The van der Waals surface area contributed by atoms with Gasteiger partial charge in [-0.25, -0.2) is 9.44 Å². The minimum Gasteiger partial charge on any atom is -0.618 e. The molecule has 1 atom stereocenters. The first-order valence-corrected chi connectivity index (χ1v) is 4.97. The summed E-state index contributed by atoms with van der Waals surface area (Å²) in [6, 6.07) is 2.83. The van der Waals surface area contributed by atoms with Crippen molar-refractivity contribution < 1.29 is 4.79 Å². The maximum atomic E-state index is 12.3. The summed E-state index contributed by atoms with van der Waals surface area (Å²) >= 11 is 0. The highest BCUT2D eigenvalue weighted by Crippen LogP contribution is 2.27. The number of hydroxylamine groups is 2. The maximum Gasteiger partial charge on any atom is 0.424 e. The lowest BCUT2D eigenvalue weighted by Gasteiger charge is -2.33. The van der Waals surface area contributed by atoms with E-state index in [0.717, 1.165) is 0 Å². The molecule has 1 aliphatic rings. The summed E-state index contributed by atoms with van der Waals surface area (Å²) in [6.07, 6.45) is 3.07. The SMILES string of the molecule is CCN1CC[N+]([O-])(c2ccncc2)C1=O. The van der Waals surface area contributed by atoms with Crippen molar-refractivity contribution in [3.8, 4) is 0 Å². The van der Waals surface area contributed by atoms with E-state index in [1.165, 1.54) is 12.4 Å². The predicted octanol–water partition coefficient (Wildman–Crippen LogP) is 1.34. The van der Waals surface area contributed by atoms with Crippen molar-refractivity contribution in [3.63, 3.8) is 0 Å². The van der Waals surface area contributed by atoms with Gasteiger partial charge in [0, 0.05) is 31.1 Å². The number of carbonyl (C=O) groups excluding carboxylic acids is 1. The fraction of sp³-hybridized carbons (Fsp3) is 0.400. The van der Waals surface area contributed by atoms with Crippen molar-refractivity contribution in [1.82, 2.24) is 14.5 Å². The van der Waals surface area contributed by atoms with Crippen molar-refractivity contribution in [2.45, 2.75) is 6.92 Å². The molecule has 0 radical (unpaired) electrons. The summed E-state index contributed by atoms with van der Waals surface area (Å²) < 4.78 is -0.879. The smallest absolute Gasteiger partial charge is 0.424 e. The van der Waals surface area contributed by atoms with Gasteiger partial charge in [-0.05, 0) is 6.92 Å². The van der Waals surface area contributed by atoms with Crippen LogP contribution in [0.15, 0.2) is 24.5 Å². The molecule has 1 aromatic rings. The van der Waals surface area contributed by atoms with Crippen LogP contribution in [-0.4, -0.2) is 35.5 Å². The van der Waals surface area contributed by atoms with Crippen LogP contribution in [0.1, 0.15) is 6.92 Å². The standard InChI is InChI=1S/C10H13N3O2/c1-2-12-7-8-13(15,10(12)14)9-3-5-11-6-4-9/h3-6H,2,7-8H2,1H3. The minimum atomic E-state index is -0.879. The second-order valence-corrected chi connectivity index (χ2v) is 3.53. The average molecular weight is 207 g/mol. The zero-order chi connectivity index (χ0) is 10.9. The fourth-order valence-electron chi connectivity index (χ4n) is 1.80. The number of amides is 2. The highest BCUT2D eigenvalue weighted by molar-refractivity contribution is 5.89. The van der Waals surface area contributed by atoms with Crippen LogP contribution in [0.5, 0.6) is 0 Å². The third kappa shape index (κ3) is 1.49. The number of hydrogen-bond donors (Lipinski definition) is 0. The lowest BCUT2D eigenvalue weighted by atomic mass is 10.3. The van der Waals surface area contributed by atoms with Crippen LogP contribution in [-0.2, 0) is 0 Å². The van der Waals surface area contributed by atoms with E-state index in [1.54, 1.807) is 17.0 Å². The molecule has 2 amide bonds. The first-order chi connectivity index (χ1) is 7.18. The van der Waals surface area contributed by atoms with Crippen LogP contribution in [0.2, 0.25) is 0 Å². The van der Waals surface area contributed by atoms with E-state index in [-0.39, 0.29) is 12.6 Å². The van der Waals surface area contributed by atoms with Crippen LogP contribution in [0, 0.1) is 5.21 Å². The van der Waals surface area contributed by atoms with Gasteiger partial charge in [0.1, 0.15) is 12.2 Å². The first kappa shape index (κ1) is 10.1. The number of quaternary nitrogens is 1. The Morgan fingerprint density at radius 1 is 1.53 bits per heavy atom. The Morgan fingerprint density at radius 2 is 2.20 bits per heavy atom. The summed E-state index contributed by atoms with van der Waals surface area (Å²) in [5, 5.41) is 12.3. The van der Waals surface area contributed by atoms with Gasteiger partial charge >= 0.3 is 6.03 Å². The molecule has 5 nitrogen and oxygen atoms in total. The molecule has 2 rings (SSSR count). The topological polar surface area (TPSA) is 56.3 Å². The van der Waals surface area contributed by atoms with Gasteiger partial charge in [-0.15, -0.1) is 0 Å². The molecule has 1 aromatic heterocycles. The maximum absolute atomic E-state index is 12.3. The largest absolute Gasteiger partial charge is 0.618 e. The lowest BCUT2D eigenvalue weighted by Crippen LogP contribution is -2.46. The predicted molar refractivity (Wildman–Crippen MR) is 56.9 cm³/mol. The summed E-state index contributed by atoms with van der Waals surface area (Å²) in [5.74, 6) is 0. The highest BCUT2D eigenvalue weighted by Gasteiger charge is 2.40. The first-order valence-electron chi connectivity index (χ1n) is 4.97. The molecule has 0 aliphatic carbocycles. The van der Waals surface area contributed by atoms with Gasteiger partial charge in [-0.1, -0.05) is 0 Å². The van der Waals surface area contributed by atoms with Gasteiger partial charge in [-0.3, -0.25) is 9.88 Å². The normalized spacial score (nSPS) is 26.0. The number of likely N-dealkylation sites (N-methyl/N-ethyl adjacent to an activating group) is 1. The molecular formula is C10H13N3O2.